The summed E-state index contributed by atoms with van der Waals surface area (Å²) in [6.07, 6.45) is 7.98. The van der Waals surface area contributed by atoms with Crippen LogP contribution < -0.4 is 11.1 Å². The molecule has 0 aromatic heterocycles. The molecule has 0 unspecified atom stereocenters. The Hall–Kier alpha value is -0.610. The zero-order valence-corrected chi connectivity index (χ0v) is 13.7. The van der Waals surface area contributed by atoms with E-state index in [0.717, 1.165) is 26.1 Å². The highest BCUT2D eigenvalue weighted by atomic mass is 16.1. The van der Waals surface area contributed by atoms with Gasteiger partial charge in [0.1, 0.15) is 0 Å². The number of amides is 1. The summed E-state index contributed by atoms with van der Waals surface area (Å²) >= 11 is 0. The van der Waals surface area contributed by atoms with E-state index in [-0.39, 0.29) is 5.91 Å². The van der Waals surface area contributed by atoms with Gasteiger partial charge in [-0.25, -0.2) is 0 Å². The second-order valence-electron chi connectivity index (χ2n) is 7.01. The minimum absolute atomic E-state index is 0.268. The summed E-state index contributed by atoms with van der Waals surface area (Å²) in [6, 6.07) is 0. The summed E-state index contributed by atoms with van der Waals surface area (Å²) in [7, 11) is 0. The Morgan fingerprint density at radius 1 is 1.05 bits per heavy atom. The number of nitrogens with zero attached hydrogens (tertiary/aromatic N) is 1. The van der Waals surface area contributed by atoms with E-state index in [0.29, 0.717) is 17.8 Å². The predicted octanol–water partition coefficient (Wildman–Crippen LogP) is 1.99. The molecule has 21 heavy (non-hydrogen) atoms. The molecule has 0 spiro atoms. The lowest BCUT2D eigenvalue weighted by Crippen LogP contribution is -2.39. The molecule has 1 aliphatic carbocycles. The van der Waals surface area contributed by atoms with Crippen LogP contribution in [0.3, 0.4) is 0 Å². The minimum Gasteiger partial charge on any atom is -0.356 e. The van der Waals surface area contributed by atoms with Gasteiger partial charge in [0.05, 0.1) is 0 Å². The molecule has 2 aliphatic rings. The van der Waals surface area contributed by atoms with Gasteiger partial charge in [0, 0.05) is 13.0 Å². The van der Waals surface area contributed by atoms with E-state index >= 15 is 0 Å². The predicted molar refractivity (Wildman–Crippen MR) is 87.0 cm³/mol. The van der Waals surface area contributed by atoms with Gasteiger partial charge in [0.25, 0.3) is 0 Å². The van der Waals surface area contributed by atoms with Crippen LogP contribution in [0.4, 0.5) is 0 Å². The Kier molecular flexibility index (Phi) is 6.97. The Morgan fingerprint density at radius 3 is 2.24 bits per heavy atom. The Morgan fingerprint density at radius 2 is 1.67 bits per heavy atom. The normalized spacial score (nSPS) is 28.5. The maximum absolute atomic E-state index is 12.1. The van der Waals surface area contributed by atoms with E-state index in [9.17, 15) is 4.79 Å². The van der Waals surface area contributed by atoms with Crippen molar-refractivity contribution in [2.75, 3.05) is 32.7 Å². The number of carbonyl (C=O) groups excluding carboxylic acids is 1. The molecule has 2 rings (SSSR count). The molecule has 0 atom stereocenters. The van der Waals surface area contributed by atoms with Gasteiger partial charge >= 0.3 is 0 Å². The van der Waals surface area contributed by atoms with Gasteiger partial charge in [-0.3, -0.25) is 4.79 Å². The highest BCUT2D eigenvalue weighted by molar-refractivity contribution is 5.76. The Bertz CT molecular complexity index is 305. The molecule has 4 nitrogen and oxygen atoms in total. The van der Waals surface area contributed by atoms with Gasteiger partial charge in [-0.15, -0.1) is 0 Å². The van der Waals surface area contributed by atoms with Crippen LogP contribution in [0.1, 0.15) is 51.9 Å². The fourth-order valence-electron chi connectivity index (χ4n) is 3.77. The lowest BCUT2D eigenvalue weighted by molar-refractivity contribution is -0.122. The maximum atomic E-state index is 12.1. The van der Waals surface area contributed by atoms with Crippen molar-refractivity contribution in [3.05, 3.63) is 0 Å². The molecule has 0 aromatic carbocycles. The third kappa shape index (κ3) is 5.59. The van der Waals surface area contributed by atoms with Gasteiger partial charge < -0.3 is 16.0 Å². The smallest absolute Gasteiger partial charge is 0.220 e. The molecular weight excluding hydrogens is 262 g/mol. The molecule has 4 heteroatoms. The van der Waals surface area contributed by atoms with E-state index in [1.807, 2.05) is 0 Å². The number of nitrogens with one attached hydrogen (secondary N) is 1. The molecule has 1 aliphatic heterocycles. The quantitative estimate of drug-likeness (QED) is 0.788. The van der Waals surface area contributed by atoms with E-state index in [2.05, 4.69) is 17.1 Å². The second kappa shape index (κ2) is 8.74. The summed E-state index contributed by atoms with van der Waals surface area (Å²) in [5.41, 5.74) is 5.72. The molecule has 1 saturated carbocycles. The number of rotatable bonds is 6. The number of likely N-dealkylation sites (tertiary alicyclic amines) is 1. The molecule has 0 aromatic rings. The first-order valence-electron chi connectivity index (χ1n) is 8.90. The fraction of sp³-hybridized carbons (Fsp3) is 0.941. The van der Waals surface area contributed by atoms with Gasteiger partial charge in [-0.1, -0.05) is 6.92 Å². The average Bonchev–Trinajstić information content (AvgIpc) is 2.54. The van der Waals surface area contributed by atoms with Crippen LogP contribution in [0, 0.1) is 17.8 Å². The Balaban J connectivity index is 1.58. The van der Waals surface area contributed by atoms with E-state index in [1.54, 1.807) is 0 Å². The van der Waals surface area contributed by atoms with Crippen molar-refractivity contribution < 1.29 is 4.79 Å². The summed E-state index contributed by atoms with van der Waals surface area (Å²) < 4.78 is 0. The van der Waals surface area contributed by atoms with Crippen molar-refractivity contribution in [2.24, 2.45) is 23.5 Å². The fourth-order valence-corrected chi connectivity index (χ4v) is 3.77. The number of nitrogens with two attached hydrogens (primary N) is 1. The molecular formula is C17H33N3O. The lowest BCUT2D eigenvalue weighted by atomic mass is 9.80. The first-order chi connectivity index (χ1) is 10.2. The largest absolute Gasteiger partial charge is 0.356 e. The minimum atomic E-state index is 0.268. The lowest BCUT2D eigenvalue weighted by Gasteiger charge is -2.31. The van der Waals surface area contributed by atoms with Crippen LogP contribution in [-0.4, -0.2) is 43.5 Å². The third-order valence-corrected chi connectivity index (χ3v) is 5.52. The van der Waals surface area contributed by atoms with Crippen molar-refractivity contribution in [3.8, 4) is 0 Å². The summed E-state index contributed by atoms with van der Waals surface area (Å²) in [5, 5.41) is 3.18. The van der Waals surface area contributed by atoms with Crippen molar-refractivity contribution in [1.82, 2.24) is 10.2 Å². The zero-order valence-electron chi connectivity index (χ0n) is 13.7. The summed E-state index contributed by atoms with van der Waals surface area (Å²) in [5.74, 6) is 2.25. The van der Waals surface area contributed by atoms with Crippen molar-refractivity contribution >= 4 is 5.91 Å². The van der Waals surface area contributed by atoms with Crippen LogP contribution in [0.25, 0.3) is 0 Å². The Labute approximate surface area is 129 Å². The van der Waals surface area contributed by atoms with E-state index < -0.39 is 0 Å². The first kappa shape index (κ1) is 16.8. The van der Waals surface area contributed by atoms with Crippen molar-refractivity contribution in [3.63, 3.8) is 0 Å². The van der Waals surface area contributed by atoms with Crippen molar-refractivity contribution in [2.45, 2.75) is 51.9 Å². The van der Waals surface area contributed by atoms with E-state index in [4.69, 9.17) is 5.73 Å². The topological polar surface area (TPSA) is 58.4 Å². The SMILES string of the molecule is CCN1CCC(CNC(=O)CC2CCC(CN)CC2)CC1. The van der Waals surface area contributed by atoms with Gasteiger partial charge in [-0.2, -0.15) is 0 Å². The molecule has 1 saturated heterocycles. The number of carbonyl (C=O) groups is 1. The molecule has 0 radical (unpaired) electrons. The molecule has 1 amide bonds. The van der Waals surface area contributed by atoms with E-state index in [1.165, 1.54) is 51.6 Å². The van der Waals surface area contributed by atoms with Crippen LogP contribution in [-0.2, 0) is 4.79 Å². The standard InChI is InChI=1S/C17H33N3O/c1-2-20-9-7-16(8-10-20)13-19-17(21)11-14-3-5-15(12-18)6-4-14/h14-16H,2-13,18H2,1H3,(H,19,21). The highest BCUT2D eigenvalue weighted by Gasteiger charge is 2.23. The first-order valence-corrected chi connectivity index (χ1v) is 8.90. The molecule has 122 valence electrons. The van der Waals surface area contributed by atoms with Crippen LogP contribution in [0.5, 0.6) is 0 Å². The van der Waals surface area contributed by atoms with Crippen LogP contribution in [0.15, 0.2) is 0 Å². The molecule has 2 fully saturated rings. The van der Waals surface area contributed by atoms with Crippen LogP contribution >= 0.6 is 0 Å². The van der Waals surface area contributed by atoms with Gasteiger partial charge in [0.15, 0.2) is 0 Å². The summed E-state index contributed by atoms with van der Waals surface area (Å²) in [6.45, 7) is 7.47. The third-order valence-electron chi connectivity index (χ3n) is 5.52. The molecule has 3 N–H and O–H groups in total. The number of hydrogen-bond acceptors (Lipinski definition) is 3. The van der Waals surface area contributed by atoms with Crippen LogP contribution in [0.2, 0.25) is 0 Å². The number of hydrogen-bond donors (Lipinski definition) is 2. The highest BCUT2D eigenvalue weighted by Crippen LogP contribution is 2.30. The molecule has 1 heterocycles. The molecule has 0 bridgehead atoms. The summed E-state index contributed by atoms with van der Waals surface area (Å²) in [4.78, 5) is 14.6. The van der Waals surface area contributed by atoms with Crippen molar-refractivity contribution in [1.29, 1.82) is 0 Å². The average molecular weight is 295 g/mol. The van der Waals surface area contributed by atoms with Gasteiger partial charge in [0.2, 0.25) is 5.91 Å². The monoisotopic (exact) mass is 295 g/mol. The maximum Gasteiger partial charge on any atom is 0.220 e. The second-order valence-corrected chi connectivity index (χ2v) is 7.01. The van der Waals surface area contributed by atoms with Gasteiger partial charge in [-0.05, 0) is 82.5 Å². The number of piperidine rings is 1. The zero-order chi connectivity index (χ0) is 15.1.